The first-order valence-corrected chi connectivity index (χ1v) is 9.53. The Morgan fingerprint density at radius 2 is 1.91 bits per heavy atom. The molecule has 1 saturated heterocycles. The second-order valence-corrected chi connectivity index (χ2v) is 7.42. The highest BCUT2D eigenvalue weighted by Crippen LogP contribution is 2.54. The lowest BCUT2D eigenvalue weighted by atomic mass is 9.84. The fraction of sp³-hybridized carbons (Fsp3) is 0.944. The highest BCUT2D eigenvalue weighted by atomic mass is 16.7. The Labute approximate surface area is 139 Å². The number of nitrogens with two attached hydrogens (primary N) is 1. The maximum Gasteiger partial charge on any atom is 0.223 e. The number of fused-ring (bicyclic) bond motifs is 5. The molecule has 5 nitrogen and oxygen atoms in total. The molecule has 2 saturated carbocycles. The molecule has 1 amide bonds. The van der Waals surface area contributed by atoms with Gasteiger partial charge in [0.15, 0.2) is 6.29 Å². The Morgan fingerprint density at radius 3 is 2.70 bits per heavy atom. The normalized spacial score (nSPS) is 38.0. The van der Waals surface area contributed by atoms with Crippen LogP contribution in [0.5, 0.6) is 0 Å². The standard InChI is InChI=1S/C18H32N2O3/c1-2-3-4-5-6-7-15-22-16-12-10-13(17(16)23-15)14(11-12)18(21)20-9-8-19/h12-17H,2-11,19H2,1H3,(H,20,21). The zero-order chi connectivity index (χ0) is 16.2. The molecule has 0 aromatic rings. The Bertz CT molecular complexity index is 404. The van der Waals surface area contributed by atoms with Gasteiger partial charge in [0, 0.05) is 19.0 Å². The summed E-state index contributed by atoms with van der Waals surface area (Å²) >= 11 is 0. The smallest absolute Gasteiger partial charge is 0.223 e. The molecule has 1 aliphatic heterocycles. The van der Waals surface area contributed by atoms with E-state index < -0.39 is 0 Å². The van der Waals surface area contributed by atoms with Crippen LogP contribution in [0.2, 0.25) is 0 Å². The van der Waals surface area contributed by atoms with Gasteiger partial charge >= 0.3 is 0 Å². The van der Waals surface area contributed by atoms with E-state index in [1.807, 2.05) is 0 Å². The lowest BCUT2D eigenvalue weighted by molar-refractivity contribution is -0.129. The van der Waals surface area contributed by atoms with Gasteiger partial charge in [-0.25, -0.2) is 0 Å². The van der Waals surface area contributed by atoms with Crippen LogP contribution in [0.3, 0.4) is 0 Å². The third-order valence-corrected chi connectivity index (χ3v) is 5.80. The zero-order valence-electron chi connectivity index (χ0n) is 14.3. The maximum absolute atomic E-state index is 12.3. The zero-order valence-corrected chi connectivity index (χ0v) is 14.3. The second kappa shape index (κ2) is 7.95. The predicted octanol–water partition coefficient (Wildman–Crippen LogP) is 2.19. The van der Waals surface area contributed by atoms with E-state index in [1.165, 1.54) is 32.1 Å². The van der Waals surface area contributed by atoms with Crippen molar-refractivity contribution >= 4 is 5.91 Å². The third kappa shape index (κ3) is 3.72. The molecule has 0 aromatic heterocycles. The monoisotopic (exact) mass is 324 g/mol. The average molecular weight is 324 g/mol. The van der Waals surface area contributed by atoms with E-state index in [9.17, 15) is 4.79 Å². The molecule has 2 aliphatic carbocycles. The highest BCUT2D eigenvalue weighted by Gasteiger charge is 2.59. The Morgan fingerprint density at radius 1 is 1.13 bits per heavy atom. The number of amides is 1. The Kier molecular flexibility index (Phi) is 5.94. The van der Waals surface area contributed by atoms with E-state index in [0.29, 0.717) is 24.9 Å². The van der Waals surface area contributed by atoms with Gasteiger partial charge in [-0.15, -0.1) is 0 Å². The fourth-order valence-electron chi connectivity index (χ4n) is 4.68. The summed E-state index contributed by atoms with van der Waals surface area (Å²) < 4.78 is 12.3. The van der Waals surface area contributed by atoms with Gasteiger partial charge in [0.25, 0.3) is 0 Å². The summed E-state index contributed by atoms with van der Waals surface area (Å²) in [7, 11) is 0. The van der Waals surface area contributed by atoms with Crippen LogP contribution in [0, 0.1) is 17.8 Å². The van der Waals surface area contributed by atoms with Gasteiger partial charge in [0.1, 0.15) is 0 Å². The van der Waals surface area contributed by atoms with Gasteiger partial charge in [-0.1, -0.05) is 32.6 Å². The quantitative estimate of drug-likeness (QED) is 0.638. The van der Waals surface area contributed by atoms with Crippen molar-refractivity contribution < 1.29 is 14.3 Å². The number of rotatable bonds is 9. The minimum Gasteiger partial charge on any atom is -0.355 e. The molecule has 2 bridgehead atoms. The molecule has 132 valence electrons. The summed E-state index contributed by atoms with van der Waals surface area (Å²) in [4.78, 5) is 12.3. The molecule has 3 N–H and O–H groups in total. The number of unbranched alkanes of at least 4 members (excludes halogenated alkanes) is 4. The molecule has 23 heavy (non-hydrogen) atoms. The summed E-state index contributed by atoms with van der Waals surface area (Å²) in [6, 6.07) is 0. The fourth-order valence-corrected chi connectivity index (χ4v) is 4.68. The molecular weight excluding hydrogens is 292 g/mol. The number of carbonyl (C=O) groups excluding carboxylic acids is 1. The predicted molar refractivity (Wildman–Crippen MR) is 88.7 cm³/mol. The van der Waals surface area contributed by atoms with Crippen LogP contribution < -0.4 is 11.1 Å². The van der Waals surface area contributed by atoms with Crippen molar-refractivity contribution in [2.45, 2.75) is 76.8 Å². The lowest BCUT2D eigenvalue weighted by Gasteiger charge is -2.28. The topological polar surface area (TPSA) is 73.6 Å². The minimum absolute atomic E-state index is 0.0391. The summed E-state index contributed by atoms with van der Waals surface area (Å²) in [5.74, 6) is 1.10. The van der Waals surface area contributed by atoms with Crippen molar-refractivity contribution in [3.8, 4) is 0 Å². The van der Waals surface area contributed by atoms with E-state index >= 15 is 0 Å². The lowest BCUT2D eigenvalue weighted by Crippen LogP contribution is -2.43. The van der Waals surface area contributed by atoms with Gasteiger partial charge in [-0.2, -0.15) is 0 Å². The molecule has 0 spiro atoms. The minimum atomic E-state index is -0.0391. The second-order valence-electron chi connectivity index (χ2n) is 7.42. The van der Waals surface area contributed by atoms with Gasteiger partial charge in [0.05, 0.1) is 12.2 Å². The number of hydrogen-bond donors (Lipinski definition) is 2. The molecule has 5 heteroatoms. The van der Waals surface area contributed by atoms with Crippen molar-refractivity contribution in [3.05, 3.63) is 0 Å². The Hall–Kier alpha value is -0.650. The van der Waals surface area contributed by atoms with Crippen LogP contribution in [0.15, 0.2) is 0 Å². The van der Waals surface area contributed by atoms with E-state index in [1.54, 1.807) is 0 Å². The van der Waals surface area contributed by atoms with E-state index in [-0.39, 0.29) is 30.3 Å². The van der Waals surface area contributed by atoms with Gasteiger partial charge in [0.2, 0.25) is 5.91 Å². The third-order valence-electron chi connectivity index (χ3n) is 5.80. The van der Waals surface area contributed by atoms with Crippen LogP contribution in [0.4, 0.5) is 0 Å². The first kappa shape index (κ1) is 17.2. The maximum atomic E-state index is 12.3. The van der Waals surface area contributed by atoms with Gasteiger partial charge in [-0.3, -0.25) is 4.79 Å². The molecular formula is C18H32N2O3. The molecule has 0 radical (unpaired) electrons. The number of hydrogen-bond acceptors (Lipinski definition) is 4. The molecule has 6 atom stereocenters. The summed E-state index contributed by atoms with van der Waals surface area (Å²) in [6.45, 7) is 3.30. The van der Waals surface area contributed by atoms with E-state index in [4.69, 9.17) is 15.2 Å². The van der Waals surface area contributed by atoms with E-state index in [0.717, 1.165) is 19.3 Å². The average Bonchev–Trinajstić information content (AvgIpc) is 3.23. The van der Waals surface area contributed by atoms with Crippen LogP contribution >= 0.6 is 0 Å². The van der Waals surface area contributed by atoms with Crippen molar-refractivity contribution in [1.29, 1.82) is 0 Å². The summed E-state index contributed by atoms with van der Waals surface area (Å²) in [6.07, 6.45) is 9.73. The van der Waals surface area contributed by atoms with Gasteiger partial charge in [-0.05, 0) is 37.5 Å². The van der Waals surface area contributed by atoms with E-state index in [2.05, 4.69) is 12.2 Å². The molecule has 3 aliphatic rings. The van der Waals surface area contributed by atoms with Crippen LogP contribution in [-0.2, 0) is 14.3 Å². The molecule has 3 fully saturated rings. The first-order chi connectivity index (χ1) is 11.2. The molecule has 1 heterocycles. The largest absolute Gasteiger partial charge is 0.355 e. The highest BCUT2D eigenvalue weighted by molar-refractivity contribution is 5.79. The van der Waals surface area contributed by atoms with Crippen molar-refractivity contribution in [2.24, 2.45) is 23.5 Å². The molecule has 6 unspecified atom stereocenters. The number of carbonyl (C=O) groups is 1. The van der Waals surface area contributed by atoms with Crippen LogP contribution in [0.1, 0.15) is 58.3 Å². The Balaban J connectivity index is 1.44. The molecule has 3 rings (SSSR count). The SMILES string of the molecule is CCCCCCCC1OC2C3CC(C(=O)NCCN)C(C3)C2O1. The number of nitrogens with one attached hydrogen (secondary N) is 1. The van der Waals surface area contributed by atoms with Crippen molar-refractivity contribution in [2.75, 3.05) is 13.1 Å². The van der Waals surface area contributed by atoms with Crippen molar-refractivity contribution in [3.63, 3.8) is 0 Å². The molecule has 0 aromatic carbocycles. The number of ether oxygens (including phenoxy) is 2. The van der Waals surface area contributed by atoms with Crippen molar-refractivity contribution in [1.82, 2.24) is 5.32 Å². The first-order valence-electron chi connectivity index (χ1n) is 9.53. The van der Waals surface area contributed by atoms with Crippen LogP contribution in [-0.4, -0.2) is 37.5 Å². The summed E-state index contributed by atoms with van der Waals surface area (Å²) in [5.41, 5.74) is 5.47. The van der Waals surface area contributed by atoms with Gasteiger partial charge < -0.3 is 20.5 Å². The van der Waals surface area contributed by atoms with Crippen LogP contribution in [0.25, 0.3) is 0 Å². The summed E-state index contributed by atoms with van der Waals surface area (Å²) in [5, 5.41) is 2.94.